The fourth-order valence-electron chi connectivity index (χ4n) is 3.66. The maximum absolute atomic E-state index is 10.4. The zero-order valence-electron chi connectivity index (χ0n) is 17.6. The fraction of sp³-hybridized carbons (Fsp3) is 0.522. The molecule has 0 amide bonds. The Morgan fingerprint density at radius 3 is 2.80 bits per heavy atom. The van der Waals surface area contributed by atoms with Crippen molar-refractivity contribution >= 4 is 17.6 Å². The number of hydrogen-bond donors (Lipinski definition) is 1. The lowest BCUT2D eigenvalue weighted by molar-refractivity contribution is 0.0261. The van der Waals surface area contributed by atoms with Crippen molar-refractivity contribution in [1.82, 2.24) is 10.1 Å². The second kappa shape index (κ2) is 12.0. The minimum absolute atomic E-state index is 0.214. The highest BCUT2D eigenvalue weighted by Gasteiger charge is 2.26. The highest BCUT2D eigenvalue weighted by Crippen LogP contribution is 2.33. The maximum atomic E-state index is 10.4. The van der Waals surface area contributed by atoms with Crippen LogP contribution in [0.25, 0.3) is 11.3 Å². The van der Waals surface area contributed by atoms with Gasteiger partial charge >= 0.3 is 0 Å². The van der Waals surface area contributed by atoms with Crippen LogP contribution in [0.1, 0.15) is 18.9 Å². The maximum Gasteiger partial charge on any atom is 0.232 e. The minimum Gasteiger partial charge on any atom is -0.389 e. The summed E-state index contributed by atoms with van der Waals surface area (Å²) in [6.07, 6.45) is 5.61. The third-order valence-electron chi connectivity index (χ3n) is 5.00. The van der Waals surface area contributed by atoms with Crippen molar-refractivity contribution in [1.29, 1.82) is 0 Å². The highest BCUT2D eigenvalue weighted by atomic mass is 32.2. The van der Waals surface area contributed by atoms with Crippen LogP contribution in [0.15, 0.2) is 34.9 Å². The van der Waals surface area contributed by atoms with Crippen LogP contribution in [-0.2, 0) is 11.3 Å². The van der Waals surface area contributed by atoms with Gasteiger partial charge in [-0.1, -0.05) is 48.3 Å². The number of terminal acetylenes is 1. The van der Waals surface area contributed by atoms with E-state index in [-0.39, 0.29) is 13.2 Å². The van der Waals surface area contributed by atoms with Gasteiger partial charge in [0.25, 0.3) is 0 Å². The molecule has 0 saturated carbocycles. The Bertz CT molecular complexity index is 800. The number of benzene rings is 1. The van der Waals surface area contributed by atoms with Crippen LogP contribution in [0.3, 0.4) is 0 Å². The van der Waals surface area contributed by atoms with E-state index < -0.39 is 6.10 Å². The zero-order valence-corrected chi connectivity index (χ0v) is 18.4. The third-order valence-corrected chi connectivity index (χ3v) is 5.94. The molecule has 1 atom stereocenters. The minimum atomic E-state index is -0.597. The van der Waals surface area contributed by atoms with Crippen molar-refractivity contribution in [3.8, 4) is 23.6 Å². The summed E-state index contributed by atoms with van der Waals surface area (Å²) in [5.74, 6) is 5.46. The molecule has 1 fully saturated rings. The molecule has 1 saturated heterocycles. The average Bonchev–Trinajstić information content (AvgIpc) is 3.19. The largest absolute Gasteiger partial charge is 0.389 e. The Morgan fingerprint density at radius 2 is 2.10 bits per heavy atom. The third kappa shape index (κ3) is 6.26. The molecule has 162 valence electrons. The number of nitrogens with zero attached hydrogens (tertiary/aromatic N) is 3. The number of ether oxygens (including phenoxy) is 1. The van der Waals surface area contributed by atoms with E-state index in [9.17, 15) is 5.11 Å². The molecular formula is C23H31N3O3S. The molecule has 0 spiro atoms. The predicted molar refractivity (Wildman–Crippen MR) is 123 cm³/mol. The summed E-state index contributed by atoms with van der Waals surface area (Å²) >= 11 is 1.97. The van der Waals surface area contributed by atoms with Gasteiger partial charge in [-0.15, -0.1) is 6.42 Å². The van der Waals surface area contributed by atoms with Crippen LogP contribution in [0.4, 0.5) is 5.88 Å². The molecule has 2 heterocycles. The predicted octanol–water partition coefficient (Wildman–Crippen LogP) is 3.12. The van der Waals surface area contributed by atoms with Crippen molar-refractivity contribution in [2.24, 2.45) is 0 Å². The molecule has 0 bridgehead atoms. The van der Waals surface area contributed by atoms with E-state index in [4.69, 9.17) is 15.7 Å². The van der Waals surface area contributed by atoms with Crippen molar-refractivity contribution < 1.29 is 14.4 Å². The number of aliphatic hydroxyl groups is 1. The summed E-state index contributed by atoms with van der Waals surface area (Å²) in [6, 6.07) is 10.2. The van der Waals surface area contributed by atoms with Crippen molar-refractivity contribution in [2.45, 2.75) is 26.0 Å². The van der Waals surface area contributed by atoms with Gasteiger partial charge in [-0.3, -0.25) is 4.90 Å². The van der Waals surface area contributed by atoms with Crippen LogP contribution in [0, 0.1) is 12.3 Å². The van der Waals surface area contributed by atoms with E-state index in [1.165, 1.54) is 0 Å². The number of hydrogen-bond acceptors (Lipinski definition) is 7. The van der Waals surface area contributed by atoms with Crippen molar-refractivity contribution in [2.75, 3.05) is 55.8 Å². The number of aromatic nitrogens is 1. The van der Waals surface area contributed by atoms with Crippen LogP contribution >= 0.6 is 11.8 Å². The first kappa shape index (κ1) is 22.7. The van der Waals surface area contributed by atoms with Gasteiger partial charge in [-0.05, 0) is 13.0 Å². The quantitative estimate of drug-likeness (QED) is 0.435. The molecule has 1 aromatic carbocycles. The summed E-state index contributed by atoms with van der Waals surface area (Å²) < 4.78 is 11.2. The average molecular weight is 430 g/mol. The monoisotopic (exact) mass is 429 g/mol. The van der Waals surface area contributed by atoms with Gasteiger partial charge in [0.1, 0.15) is 12.3 Å². The number of anilines is 1. The molecule has 1 aliphatic rings. The Hall–Kier alpha value is -1.98. The lowest BCUT2D eigenvalue weighted by atomic mass is 10.1. The lowest BCUT2D eigenvalue weighted by Crippen LogP contribution is -2.36. The molecule has 3 rings (SSSR count). The van der Waals surface area contributed by atoms with E-state index in [0.29, 0.717) is 13.1 Å². The highest BCUT2D eigenvalue weighted by molar-refractivity contribution is 7.99. The second-order valence-electron chi connectivity index (χ2n) is 7.39. The van der Waals surface area contributed by atoms with E-state index >= 15 is 0 Å². The standard InChI is InChI=1S/C23H31N3O3S/c1-3-10-25(16-20(27)18-28-13-4-2)17-21-22(19-8-6-5-7-9-19)24-29-23(21)26-11-14-30-15-12-26/h2,5-9,20,27H,3,10-18H2,1H3/t20-/m0/s1. The van der Waals surface area contributed by atoms with Gasteiger partial charge < -0.3 is 19.3 Å². The summed E-state index contributed by atoms with van der Waals surface area (Å²) in [5.41, 5.74) is 3.00. The van der Waals surface area contributed by atoms with Crippen molar-refractivity contribution in [3.05, 3.63) is 35.9 Å². The molecule has 30 heavy (non-hydrogen) atoms. The number of thioether (sulfide) groups is 1. The Morgan fingerprint density at radius 1 is 1.33 bits per heavy atom. The molecule has 1 N–H and O–H groups in total. The molecule has 1 aromatic heterocycles. The van der Waals surface area contributed by atoms with Gasteiger partial charge in [0.2, 0.25) is 5.88 Å². The smallest absolute Gasteiger partial charge is 0.232 e. The second-order valence-corrected chi connectivity index (χ2v) is 8.61. The van der Waals surface area contributed by atoms with Gasteiger partial charge in [0.15, 0.2) is 0 Å². The molecule has 0 aliphatic carbocycles. The Balaban J connectivity index is 1.83. The molecule has 0 unspecified atom stereocenters. The SMILES string of the molecule is C#CCOC[C@@H](O)CN(CCC)Cc1c(-c2ccccc2)noc1N1CCSCC1. The van der Waals surface area contributed by atoms with Crippen molar-refractivity contribution in [3.63, 3.8) is 0 Å². The summed E-state index contributed by atoms with van der Waals surface area (Å²) in [4.78, 5) is 4.53. The summed E-state index contributed by atoms with van der Waals surface area (Å²) in [5, 5.41) is 14.9. The normalized spacial score (nSPS) is 15.3. The molecule has 2 aromatic rings. The van der Waals surface area contributed by atoms with Gasteiger partial charge in [0, 0.05) is 43.2 Å². The van der Waals surface area contributed by atoms with E-state index in [1.807, 2.05) is 30.0 Å². The molecule has 1 aliphatic heterocycles. The fourth-order valence-corrected chi connectivity index (χ4v) is 4.56. The zero-order chi connectivity index (χ0) is 21.2. The van der Waals surface area contributed by atoms with Gasteiger partial charge in [-0.25, -0.2) is 0 Å². The summed E-state index contributed by atoms with van der Waals surface area (Å²) in [6.45, 7) is 6.53. The molecular weight excluding hydrogens is 398 g/mol. The van der Waals surface area contributed by atoms with E-state index in [2.05, 4.69) is 39.9 Å². The van der Waals surface area contributed by atoms with Gasteiger partial charge in [0.05, 0.1) is 18.3 Å². The first-order valence-electron chi connectivity index (χ1n) is 10.5. The molecule has 6 nitrogen and oxygen atoms in total. The Labute approximate surface area is 183 Å². The van der Waals surface area contributed by atoms with Crippen LogP contribution in [0.2, 0.25) is 0 Å². The number of rotatable bonds is 11. The van der Waals surface area contributed by atoms with Crippen LogP contribution in [-0.4, -0.2) is 72.2 Å². The first-order valence-corrected chi connectivity index (χ1v) is 11.7. The Kier molecular flexibility index (Phi) is 9.09. The number of aliphatic hydroxyl groups excluding tert-OH is 1. The van der Waals surface area contributed by atoms with E-state index in [0.717, 1.165) is 60.3 Å². The first-order chi connectivity index (χ1) is 14.7. The van der Waals surface area contributed by atoms with Crippen LogP contribution < -0.4 is 4.90 Å². The van der Waals surface area contributed by atoms with Gasteiger partial charge in [-0.2, -0.15) is 11.8 Å². The lowest BCUT2D eigenvalue weighted by Gasteiger charge is -2.28. The summed E-state index contributed by atoms with van der Waals surface area (Å²) in [7, 11) is 0. The van der Waals surface area contributed by atoms with Crippen LogP contribution in [0.5, 0.6) is 0 Å². The van der Waals surface area contributed by atoms with E-state index in [1.54, 1.807) is 0 Å². The molecule has 7 heteroatoms. The topological polar surface area (TPSA) is 62.0 Å². The molecule has 0 radical (unpaired) electrons.